The molecule has 2 aromatic heterocycles. The first kappa shape index (κ1) is 16.7. The first-order valence-corrected chi connectivity index (χ1v) is 10.00. The van der Waals surface area contributed by atoms with Gasteiger partial charge in [-0.2, -0.15) is 5.10 Å². The van der Waals surface area contributed by atoms with Crippen LogP contribution in [0.2, 0.25) is 0 Å². The molecule has 140 valence electrons. The van der Waals surface area contributed by atoms with Gasteiger partial charge in [0.15, 0.2) is 0 Å². The van der Waals surface area contributed by atoms with Crippen molar-refractivity contribution in [3.05, 3.63) is 53.7 Å². The predicted molar refractivity (Wildman–Crippen MR) is 104 cm³/mol. The number of fused-ring (bicyclic) bond motifs is 1. The molecule has 0 aliphatic carbocycles. The SMILES string of the molecule is Cn1nccc1-c1ccccc1CN1CCC[C@H](c2nnc3n2CCC3)C1. The minimum atomic E-state index is 0.502. The Morgan fingerprint density at radius 2 is 2.00 bits per heavy atom. The summed E-state index contributed by atoms with van der Waals surface area (Å²) in [7, 11) is 2.01. The molecule has 3 aromatic rings. The van der Waals surface area contributed by atoms with E-state index in [4.69, 9.17) is 0 Å². The Kier molecular flexibility index (Phi) is 4.28. The maximum Gasteiger partial charge on any atom is 0.137 e. The van der Waals surface area contributed by atoms with Crippen LogP contribution in [0.4, 0.5) is 0 Å². The summed E-state index contributed by atoms with van der Waals surface area (Å²) in [5.41, 5.74) is 3.82. The number of hydrogen-bond donors (Lipinski definition) is 0. The van der Waals surface area contributed by atoms with Gasteiger partial charge in [-0.05, 0) is 37.4 Å². The molecule has 0 radical (unpaired) electrons. The van der Waals surface area contributed by atoms with E-state index in [0.717, 1.165) is 32.6 Å². The summed E-state index contributed by atoms with van der Waals surface area (Å²) in [5.74, 6) is 2.90. The molecule has 5 rings (SSSR count). The van der Waals surface area contributed by atoms with Crippen LogP contribution in [0.3, 0.4) is 0 Å². The van der Waals surface area contributed by atoms with Gasteiger partial charge >= 0.3 is 0 Å². The molecule has 1 saturated heterocycles. The topological polar surface area (TPSA) is 51.8 Å². The predicted octanol–water partition coefficient (Wildman–Crippen LogP) is 3.00. The van der Waals surface area contributed by atoms with Crippen LogP contribution < -0.4 is 0 Å². The van der Waals surface area contributed by atoms with Crippen LogP contribution >= 0.6 is 0 Å². The van der Waals surface area contributed by atoms with Crippen LogP contribution in [0.25, 0.3) is 11.3 Å². The second-order valence-corrected chi connectivity index (χ2v) is 7.80. The number of aryl methyl sites for hydroxylation is 2. The maximum atomic E-state index is 4.55. The summed E-state index contributed by atoms with van der Waals surface area (Å²) in [5, 5.41) is 13.3. The minimum absolute atomic E-state index is 0.502. The Morgan fingerprint density at radius 3 is 2.89 bits per heavy atom. The minimum Gasteiger partial charge on any atom is -0.315 e. The summed E-state index contributed by atoms with van der Waals surface area (Å²) in [6.45, 7) is 4.28. The van der Waals surface area contributed by atoms with Crippen molar-refractivity contribution in [1.82, 2.24) is 29.4 Å². The van der Waals surface area contributed by atoms with E-state index < -0.39 is 0 Å². The highest BCUT2D eigenvalue weighted by Gasteiger charge is 2.28. The Balaban J connectivity index is 1.37. The van der Waals surface area contributed by atoms with Crippen molar-refractivity contribution >= 4 is 0 Å². The van der Waals surface area contributed by atoms with E-state index in [9.17, 15) is 0 Å². The Hall–Kier alpha value is -2.47. The van der Waals surface area contributed by atoms with Gasteiger partial charge in [-0.3, -0.25) is 9.58 Å². The summed E-state index contributed by atoms with van der Waals surface area (Å²) in [6, 6.07) is 10.8. The third-order valence-corrected chi connectivity index (χ3v) is 6.02. The van der Waals surface area contributed by atoms with Gasteiger partial charge in [0.25, 0.3) is 0 Å². The van der Waals surface area contributed by atoms with Crippen LogP contribution in [0.15, 0.2) is 36.5 Å². The molecule has 6 nitrogen and oxygen atoms in total. The summed E-state index contributed by atoms with van der Waals surface area (Å²) in [4.78, 5) is 2.58. The lowest BCUT2D eigenvalue weighted by molar-refractivity contribution is 0.195. The standard InChI is InChI=1S/C21H26N6/c1-25-19(10-11-22-25)18-8-3-2-6-16(18)14-26-12-4-7-17(15-26)21-24-23-20-9-5-13-27(20)21/h2-3,6,8,10-11,17H,4-5,7,9,12-15H2,1H3/t17-/m0/s1. The highest BCUT2D eigenvalue weighted by atomic mass is 15.3. The Morgan fingerprint density at radius 1 is 1.07 bits per heavy atom. The van der Waals surface area contributed by atoms with Gasteiger partial charge in [-0.1, -0.05) is 24.3 Å². The molecule has 0 unspecified atom stereocenters. The molecule has 2 aliphatic heterocycles. The molecule has 27 heavy (non-hydrogen) atoms. The van der Waals surface area contributed by atoms with E-state index in [-0.39, 0.29) is 0 Å². The van der Waals surface area contributed by atoms with E-state index in [1.165, 1.54) is 47.7 Å². The third-order valence-electron chi connectivity index (χ3n) is 6.02. The molecule has 1 fully saturated rings. The zero-order valence-corrected chi connectivity index (χ0v) is 15.9. The molecule has 4 heterocycles. The summed E-state index contributed by atoms with van der Waals surface area (Å²) in [6.07, 6.45) is 6.61. The third kappa shape index (κ3) is 3.08. The fraction of sp³-hybridized carbons (Fsp3) is 0.476. The van der Waals surface area contributed by atoms with E-state index in [0.29, 0.717) is 5.92 Å². The molecular weight excluding hydrogens is 336 g/mol. The lowest BCUT2D eigenvalue weighted by Gasteiger charge is -2.32. The number of likely N-dealkylation sites (tertiary alicyclic amines) is 1. The maximum absolute atomic E-state index is 4.55. The number of aromatic nitrogens is 5. The van der Waals surface area contributed by atoms with Crippen molar-refractivity contribution < 1.29 is 0 Å². The van der Waals surface area contributed by atoms with Gasteiger partial charge in [-0.25, -0.2) is 0 Å². The lowest BCUT2D eigenvalue weighted by atomic mass is 9.95. The van der Waals surface area contributed by atoms with E-state index in [2.05, 4.69) is 55.1 Å². The normalized spacial score (nSPS) is 20.1. The van der Waals surface area contributed by atoms with Gasteiger partial charge in [0.2, 0.25) is 0 Å². The summed E-state index contributed by atoms with van der Waals surface area (Å²) >= 11 is 0. The fourth-order valence-electron chi connectivity index (χ4n) is 4.67. The lowest BCUT2D eigenvalue weighted by Crippen LogP contribution is -2.35. The molecule has 6 heteroatoms. The second-order valence-electron chi connectivity index (χ2n) is 7.80. The van der Waals surface area contributed by atoms with Crippen molar-refractivity contribution in [2.75, 3.05) is 13.1 Å². The Labute approximate surface area is 159 Å². The van der Waals surface area contributed by atoms with E-state index in [1.807, 2.05) is 17.9 Å². The highest BCUT2D eigenvalue weighted by Crippen LogP contribution is 2.30. The Bertz CT molecular complexity index is 940. The van der Waals surface area contributed by atoms with Crippen molar-refractivity contribution in [2.24, 2.45) is 7.05 Å². The molecule has 1 aromatic carbocycles. The number of benzene rings is 1. The van der Waals surface area contributed by atoms with Crippen LogP contribution in [0.5, 0.6) is 0 Å². The smallest absolute Gasteiger partial charge is 0.137 e. The second kappa shape index (κ2) is 6.93. The zero-order chi connectivity index (χ0) is 18.2. The van der Waals surface area contributed by atoms with Crippen molar-refractivity contribution in [2.45, 2.75) is 44.7 Å². The number of hydrogen-bond acceptors (Lipinski definition) is 4. The molecule has 2 aliphatic rings. The van der Waals surface area contributed by atoms with Crippen LogP contribution in [0.1, 0.15) is 42.4 Å². The average molecular weight is 362 g/mol. The van der Waals surface area contributed by atoms with Crippen molar-refractivity contribution in [1.29, 1.82) is 0 Å². The zero-order valence-electron chi connectivity index (χ0n) is 15.9. The van der Waals surface area contributed by atoms with Crippen LogP contribution in [-0.4, -0.2) is 42.5 Å². The van der Waals surface area contributed by atoms with Gasteiger partial charge < -0.3 is 4.57 Å². The largest absolute Gasteiger partial charge is 0.315 e. The van der Waals surface area contributed by atoms with Gasteiger partial charge in [-0.15, -0.1) is 10.2 Å². The van der Waals surface area contributed by atoms with E-state index >= 15 is 0 Å². The molecule has 0 spiro atoms. The summed E-state index contributed by atoms with van der Waals surface area (Å²) < 4.78 is 4.33. The van der Waals surface area contributed by atoms with Gasteiger partial charge in [0.1, 0.15) is 11.6 Å². The number of rotatable bonds is 4. The highest BCUT2D eigenvalue weighted by molar-refractivity contribution is 5.63. The van der Waals surface area contributed by atoms with Crippen molar-refractivity contribution in [3.63, 3.8) is 0 Å². The first-order chi connectivity index (χ1) is 13.3. The first-order valence-electron chi connectivity index (χ1n) is 10.00. The molecule has 0 amide bonds. The van der Waals surface area contributed by atoms with Crippen LogP contribution in [0, 0.1) is 0 Å². The quantitative estimate of drug-likeness (QED) is 0.716. The van der Waals surface area contributed by atoms with Gasteiger partial charge in [0, 0.05) is 50.8 Å². The fourth-order valence-corrected chi connectivity index (χ4v) is 4.67. The van der Waals surface area contributed by atoms with Crippen molar-refractivity contribution in [3.8, 4) is 11.3 Å². The molecule has 0 N–H and O–H groups in total. The van der Waals surface area contributed by atoms with E-state index in [1.54, 1.807) is 0 Å². The molecule has 1 atom stereocenters. The van der Waals surface area contributed by atoms with Gasteiger partial charge in [0.05, 0.1) is 5.69 Å². The number of piperidine rings is 1. The average Bonchev–Trinajstić information content (AvgIpc) is 3.39. The molecule has 0 bridgehead atoms. The number of nitrogens with zero attached hydrogens (tertiary/aromatic N) is 6. The van der Waals surface area contributed by atoms with Crippen LogP contribution in [-0.2, 0) is 26.6 Å². The monoisotopic (exact) mass is 362 g/mol. The molecule has 0 saturated carbocycles. The molecular formula is C21H26N6.